The smallest absolute Gasteiger partial charge is 0.537 e. The second-order valence-electron chi connectivity index (χ2n) is 3.94. The van der Waals surface area contributed by atoms with E-state index in [1.165, 1.54) is 24.3 Å². The molecule has 0 atom stereocenters. The van der Waals surface area contributed by atoms with Crippen molar-refractivity contribution in [1.29, 1.82) is 0 Å². The molecule has 116 valence electrons. The summed E-state index contributed by atoms with van der Waals surface area (Å²) in [5.74, 6) is -1.01. The molecular formula is C12H5BrCl3N2NaO3S. The molecule has 23 heavy (non-hydrogen) atoms. The number of carbonyl (C=O) groups is 1. The van der Waals surface area contributed by atoms with Crippen molar-refractivity contribution in [2.45, 2.75) is 4.90 Å². The van der Waals surface area contributed by atoms with Crippen LogP contribution in [0.15, 0.2) is 39.8 Å². The van der Waals surface area contributed by atoms with E-state index in [9.17, 15) is 13.2 Å². The summed E-state index contributed by atoms with van der Waals surface area (Å²) < 4.78 is 27.7. The predicted molar refractivity (Wildman–Crippen MR) is 88.3 cm³/mol. The van der Waals surface area contributed by atoms with Gasteiger partial charge in [0.25, 0.3) is 0 Å². The van der Waals surface area contributed by atoms with E-state index in [2.05, 4.69) is 25.6 Å². The minimum atomic E-state index is -4.24. The fraction of sp³-hybridized carbons (Fsp3) is 0. The Morgan fingerprint density at radius 1 is 1.17 bits per heavy atom. The summed E-state index contributed by atoms with van der Waals surface area (Å²) in [6.45, 7) is 0. The molecule has 0 aliphatic heterocycles. The summed E-state index contributed by atoms with van der Waals surface area (Å²) in [5.41, 5.74) is -0.0735. The Morgan fingerprint density at radius 3 is 2.39 bits per heavy atom. The van der Waals surface area contributed by atoms with Crippen molar-refractivity contribution >= 4 is 66.7 Å². The monoisotopic (exact) mass is 464 g/mol. The van der Waals surface area contributed by atoms with Crippen molar-refractivity contribution in [2.24, 2.45) is 0 Å². The molecule has 1 amide bonds. The number of halogens is 4. The van der Waals surface area contributed by atoms with Crippen LogP contribution in [0.3, 0.4) is 0 Å². The van der Waals surface area contributed by atoms with Crippen LogP contribution in [-0.2, 0) is 10.0 Å². The third kappa shape index (κ3) is 5.31. The number of aromatic nitrogens is 1. The van der Waals surface area contributed by atoms with Gasteiger partial charge in [0.2, 0.25) is 0 Å². The molecule has 0 bridgehead atoms. The molecule has 2 aromatic rings. The average molecular weight is 467 g/mol. The van der Waals surface area contributed by atoms with Crippen molar-refractivity contribution in [3.63, 3.8) is 0 Å². The molecule has 0 unspecified atom stereocenters. The van der Waals surface area contributed by atoms with E-state index in [-0.39, 0.29) is 54.7 Å². The quantitative estimate of drug-likeness (QED) is 0.510. The van der Waals surface area contributed by atoms with Crippen molar-refractivity contribution in [3.8, 4) is 0 Å². The van der Waals surface area contributed by atoms with E-state index in [1.807, 2.05) is 0 Å². The van der Waals surface area contributed by atoms with Crippen LogP contribution in [0.1, 0.15) is 10.4 Å². The molecule has 5 nitrogen and oxygen atoms in total. The Labute approximate surface area is 178 Å². The molecule has 0 aliphatic carbocycles. The van der Waals surface area contributed by atoms with Gasteiger partial charge in [-0.3, -0.25) is 0 Å². The molecule has 0 fully saturated rings. The number of hydrogen-bond donors (Lipinski definition) is 0. The summed E-state index contributed by atoms with van der Waals surface area (Å²) in [6.07, 6.45) is 1.00. The fourth-order valence-corrected chi connectivity index (χ4v) is 3.39. The van der Waals surface area contributed by atoms with Gasteiger partial charge >= 0.3 is 29.6 Å². The molecule has 0 saturated carbocycles. The van der Waals surface area contributed by atoms with Gasteiger partial charge in [-0.15, -0.1) is 0 Å². The van der Waals surface area contributed by atoms with Crippen molar-refractivity contribution in [3.05, 3.63) is 60.4 Å². The minimum absolute atomic E-state index is 0. The summed E-state index contributed by atoms with van der Waals surface area (Å²) in [6, 6.07) is 5.22. The van der Waals surface area contributed by atoms with Crippen molar-refractivity contribution in [1.82, 2.24) is 4.98 Å². The molecule has 0 radical (unpaired) electrons. The average Bonchev–Trinajstić information content (AvgIpc) is 2.40. The Morgan fingerprint density at radius 2 is 1.83 bits per heavy atom. The summed E-state index contributed by atoms with van der Waals surface area (Å²) in [5, 5.41) is 0.410. The zero-order valence-corrected chi connectivity index (χ0v) is 18.1. The van der Waals surface area contributed by atoms with E-state index in [4.69, 9.17) is 34.8 Å². The zero-order chi connectivity index (χ0) is 16.5. The van der Waals surface area contributed by atoms with Gasteiger partial charge in [-0.2, -0.15) is 0 Å². The minimum Gasteiger partial charge on any atom is -0.537 e. The zero-order valence-electron chi connectivity index (χ0n) is 11.4. The Bertz CT molecular complexity index is 865. The number of amides is 1. The largest absolute Gasteiger partial charge is 1.00 e. The van der Waals surface area contributed by atoms with Gasteiger partial charge in [0.05, 0.1) is 20.3 Å². The topological polar surface area (TPSA) is 78.2 Å². The van der Waals surface area contributed by atoms with Crippen molar-refractivity contribution < 1.29 is 42.8 Å². The number of carbonyl (C=O) groups excluding carboxylic acids is 1. The first-order valence-corrected chi connectivity index (χ1v) is 8.86. The van der Waals surface area contributed by atoms with Crippen LogP contribution < -0.4 is 29.6 Å². The van der Waals surface area contributed by atoms with Gasteiger partial charge in [0.1, 0.15) is 15.2 Å². The molecule has 1 aromatic carbocycles. The third-order valence-electron chi connectivity index (χ3n) is 2.43. The summed E-state index contributed by atoms with van der Waals surface area (Å²) in [7, 11) is -4.24. The van der Waals surface area contributed by atoms with Gasteiger partial charge in [0, 0.05) is 16.8 Å². The van der Waals surface area contributed by atoms with Crippen LogP contribution in [0.5, 0.6) is 0 Å². The van der Waals surface area contributed by atoms with Crippen LogP contribution in [0.25, 0.3) is 4.72 Å². The van der Waals surface area contributed by atoms with E-state index in [0.29, 0.717) is 5.02 Å². The first kappa shape index (κ1) is 21.2. The summed E-state index contributed by atoms with van der Waals surface area (Å²) in [4.78, 5) is 15.4. The Balaban J connectivity index is 0.00000264. The maximum Gasteiger partial charge on any atom is 1.00 e. The molecule has 1 heterocycles. The Hall–Kier alpha value is 0.140. The third-order valence-corrected chi connectivity index (χ3v) is 5.34. The standard InChI is InChI=1S/C12H6BrCl3N2O3S.Na/c13-9-4-7(5-17-11(9)16)22(20,21)18-12(19)8-2-1-6(14)3-10(8)15;/h1-5H,(H,18,19);/q;+1/p-1. The number of sulfonamides is 1. The maximum absolute atomic E-state index is 12.1. The molecule has 0 saturated heterocycles. The van der Waals surface area contributed by atoms with E-state index in [0.717, 1.165) is 6.20 Å². The number of benzene rings is 1. The normalized spacial score (nSPS) is 10.8. The molecule has 2 rings (SSSR count). The second-order valence-corrected chi connectivity index (χ2v) is 7.60. The molecule has 11 heteroatoms. The fourth-order valence-electron chi connectivity index (χ4n) is 1.42. The maximum atomic E-state index is 12.1. The Kier molecular flexibility index (Phi) is 7.82. The van der Waals surface area contributed by atoms with Gasteiger partial charge in [-0.25, -0.2) is 13.4 Å². The number of rotatable bonds is 3. The van der Waals surface area contributed by atoms with Crippen LogP contribution in [0, 0.1) is 0 Å². The van der Waals surface area contributed by atoms with Crippen LogP contribution in [0.4, 0.5) is 0 Å². The van der Waals surface area contributed by atoms with Gasteiger partial charge in [-0.05, 0) is 40.2 Å². The van der Waals surface area contributed by atoms with Gasteiger partial charge < -0.3 is 9.52 Å². The summed E-state index contributed by atoms with van der Waals surface area (Å²) >= 11 is 20.3. The predicted octanol–water partition coefficient (Wildman–Crippen LogP) is 1.71. The second kappa shape index (κ2) is 8.49. The van der Waals surface area contributed by atoms with Gasteiger partial charge in [0.15, 0.2) is 0 Å². The van der Waals surface area contributed by atoms with Crippen molar-refractivity contribution in [2.75, 3.05) is 0 Å². The molecular weight excluding hydrogens is 461 g/mol. The van der Waals surface area contributed by atoms with Crippen LogP contribution >= 0.6 is 50.7 Å². The van der Waals surface area contributed by atoms with E-state index >= 15 is 0 Å². The van der Waals surface area contributed by atoms with Crippen LogP contribution in [-0.4, -0.2) is 19.3 Å². The number of hydrogen-bond acceptors (Lipinski definition) is 4. The van der Waals surface area contributed by atoms with E-state index in [1.54, 1.807) is 0 Å². The van der Waals surface area contributed by atoms with E-state index < -0.39 is 15.9 Å². The molecule has 1 aromatic heterocycles. The number of nitrogens with zero attached hydrogens (tertiary/aromatic N) is 2. The molecule has 0 spiro atoms. The number of pyridine rings is 1. The van der Waals surface area contributed by atoms with Gasteiger partial charge in [-0.1, -0.05) is 34.8 Å². The first-order valence-electron chi connectivity index (χ1n) is 5.49. The SMILES string of the molecule is O=C([N-]S(=O)(=O)c1cnc(Cl)c(Br)c1)c1ccc(Cl)cc1Cl.[Na+]. The molecule has 0 aliphatic rings. The van der Waals surface area contributed by atoms with Crippen LogP contribution in [0.2, 0.25) is 15.2 Å². The molecule has 0 N–H and O–H groups in total. The first-order chi connectivity index (χ1) is 10.2.